The third-order valence-corrected chi connectivity index (χ3v) is 4.94. The van der Waals surface area contributed by atoms with Crippen molar-refractivity contribution in [2.24, 2.45) is 11.8 Å². The standard InChI is InChI=1S/C15H23N3O2/c1-12-11-18(14-3-2-7-16-17-14)8-6-15(12,19)13-4-9-20-10-5-13/h2-3,7,12-13,19H,4-6,8-11H2,1H3/t12-,15+/m1/s1. The average Bonchev–Trinajstić information content (AvgIpc) is 2.52. The number of anilines is 1. The fourth-order valence-electron chi connectivity index (χ4n) is 3.61. The number of piperidine rings is 1. The van der Waals surface area contributed by atoms with E-state index in [0.717, 1.165) is 51.4 Å². The molecular weight excluding hydrogens is 254 g/mol. The summed E-state index contributed by atoms with van der Waals surface area (Å²) in [5.74, 6) is 1.52. The van der Waals surface area contributed by atoms with Crippen LogP contribution in [0.25, 0.3) is 0 Å². The van der Waals surface area contributed by atoms with Crippen molar-refractivity contribution >= 4 is 5.82 Å². The first-order chi connectivity index (χ1) is 9.70. The van der Waals surface area contributed by atoms with Gasteiger partial charge >= 0.3 is 0 Å². The van der Waals surface area contributed by atoms with Crippen molar-refractivity contribution in [3.8, 4) is 0 Å². The second-order valence-corrected chi connectivity index (χ2v) is 6.06. The minimum Gasteiger partial charge on any atom is -0.389 e. The number of hydrogen-bond donors (Lipinski definition) is 1. The fraction of sp³-hybridized carbons (Fsp3) is 0.733. The molecule has 0 radical (unpaired) electrons. The molecule has 1 aromatic heterocycles. The maximum Gasteiger partial charge on any atom is 0.151 e. The van der Waals surface area contributed by atoms with Crippen LogP contribution in [0.4, 0.5) is 5.82 Å². The van der Waals surface area contributed by atoms with Gasteiger partial charge < -0.3 is 14.7 Å². The average molecular weight is 277 g/mol. The van der Waals surface area contributed by atoms with Gasteiger partial charge in [-0.15, -0.1) is 5.10 Å². The predicted octanol–water partition coefficient (Wildman–Crippen LogP) is 1.48. The minimum atomic E-state index is -0.553. The van der Waals surface area contributed by atoms with Gasteiger partial charge in [0.05, 0.1) is 5.60 Å². The Hall–Kier alpha value is -1.20. The molecule has 5 heteroatoms. The monoisotopic (exact) mass is 277 g/mol. The van der Waals surface area contributed by atoms with Crippen molar-refractivity contribution < 1.29 is 9.84 Å². The van der Waals surface area contributed by atoms with E-state index < -0.39 is 5.60 Å². The Morgan fingerprint density at radius 3 is 2.85 bits per heavy atom. The topological polar surface area (TPSA) is 58.5 Å². The lowest BCUT2D eigenvalue weighted by molar-refractivity contribution is -0.108. The first-order valence-corrected chi connectivity index (χ1v) is 7.53. The van der Waals surface area contributed by atoms with Gasteiger partial charge in [-0.05, 0) is 37.3 Å². The molecule has 2 saturated heterocycles. The van der Waals surface area contributed by atoms with E-state index in [1.807, 2.05) is 12.1 Å². The van der Waals surface area contributed by atoms with Gasteiger partial charge in [-0.25, -0.2) is 0 Å². The van der Waals surface area contributed by atoms with E-state index in [4.69, 9.17) is 4.74 Å². The van der Waals surface area contributed by atoms with Crippen LogP contribution in [0.2, 0.25) is 0 Å². The van der Waals surface area contributed by atoms with Gasteiger partial charge in [0.2, 0.25) is 0 Å². The number of hydrogen-bond acceptors (Lipinski definition) is 5. The van der Waals surface area contributed by atoms with Gasteiger partial charge in [0, 0.05) is 38.4 Å². The summed E-state index contributed by atoms with van der Waals surface area (Å²) < 4.78 is 5.42. The van der Waals surface area contributed by atoms with Crippen LogP contribution in [-0.4, -0.2) is 47.2 Å². The third kappa shape index (κ3) is 2.52. The highest BCUT2D eigenvalue weighted by Crippen LogP contribution is 2.39. The molecule has 0 aliphatic carbocycles. The predicted molar refractivity (Wildman–Crippen MR) is 76.5 cm³/mol. The van der Waals surface area contributed by atoms with Crippen LogP contribution in [0.1, 0.15) is 26.2 Å². The summed E-state index contributed by atoms with van der Waals surface area (Å²) in [6.45, 7) is 5.41. The van der Waals surface area contributed by atoms with Crippen molar-refractivity contribution in [1.29, 1.82) is 0 Å². The van der Waals surface area contributed by atoms with Crippen molar-refractivity contribution in [3.05, 3.63) is 18.3 Å². The molecule has 0 spiro atoms. The highest BCUT2D eigenvalue weighted by atomic mass is 16.5. The molecule has 3 heterocycles. The zero-order valence-corrected chi connectivity index (χ0v) is 12.0. The Kier molecular flexibility index (Phi) is 3.89. The van der Waals surface area contributed by atoms with Gasteiger partial charge in [0.15, 0.2) is 5.82 Å². The SMILES string of the molecule is C[C@@H]1CN(c2cccnn2)CC[C@@]1(O)C1CCOCC1. The smallest absolute Gasteiger partial charge is 0.151 e. The molecule has 5 nitrogen and oxygen atoms in total. The number of aliphatic hydroxyl groups is 1. The number of ether oxygens (including phenoxy) is 1. The summed E-state index contributed by atoms with van der Waals surface area (Å²) in [7, 11) is 0. The van der Waals surface area contributed by atoms with Gasteiger partial charge in [-0.3, -0.25) is 0 Å². The lowest BCUT2D eigenvalue weighted by Crippen LogP contribution is -2.56. The van der Waals surface area contributed by atoms with E-state index in [0.29, 0.717) is 5.92 Å². The fourth-order valence-corrected chi connectivity index (χ4v) is 3.61. The summed E-state index contributed by atoms with van der Waals surface area (Å²) in [5.41, 5.74) is -0.553. The van der Waals surface area contributed by atoms with Crippen LogP contribution >= 0.6 is 0 Å². The molecule has 2 atom stereocenters. The van der Waals surface area contributed by atoms with Crippen LogP contribution in [0.3, 0.4) is 0 Å². The first-order valence-electron chi connectivity index (χ1n) is 7.53. The number of rotatable bonds is 2. The minimum absolute atomic E-state index is 0.237. The zero-order chi connectivity index (χ0) is 14.0. The third-order valence-electron chi connectivity index (χ3n) is 4.94. The van der Waals surface area contributed by atoms with Crippen LogP contribution in [-0.2, 0) is 4.74 Å². The molecule has 110 valence electrons. The Labute approximate surface area is 120 Å². The van der Waals surface area contributed by atoms with Gasteiger partial charge in [-0.2, -0.15) is 5.10 Å². The summed E-state index contributed by atoms with van der Waals surface area (Å²) in [6, 6.07) is 3.89. The van der Waals surface area contributed by atoms with Crippen molar-refractivity contribution in [2.45, 2.75) is 31.8 Å². The highest BCUT2D eigenvalue weighted by molar-refractivity contribution is 5.37. The van der Waals surface area contributed by atoms with Crippen LogP contribution in [0.5, 0.6) is 0 Å². The highest BCUT2D eigenvalue weighted by Gasteiger charge is 2.45. The second kappa shape index (κ2) is 5.66. The molecule has 2 fully saturated rings. The van der Waals surface area contributed by atoms with E-state index >= 15 is 0 Å². The molecule has 0 saturated carbocycles. The van der Waals surface area contributed by atoms with Crippen LogP contribution in [0.15, 0.2) is 18.3 Å². The van der Waals surface area contributed by atoms with Gasteiger partial charge in [-0.1, -0.05) is 6.92 Å². The van der Waals surface area contributed by atoms with E-state index in [1.54, 1.807) is 6.20 Å². The lowest BCUT2D eigenvalue weighted by Gasteiger charge is -2.48. The van der Waals surface area contributed by atoms with Gasteiger partial charge in [0.1, 0.15) is 0 Å². The summed E-state index contributed by atoms with van der Waals surface area (Å²) in [5, 5.41) is 19.2. The lowest BCUT2D eigenvalue weighted by atomic mass is 9.70. The van der Waals surface area contributed by atoms with Gasteiger partial charge in [0.25, 0.3) is 0 Å². The molecule has 1 aromatic rings. The number of aromatic nitrogens is 2. The second-order valence-electron chi connectivity index (χ2n) is 6.06. The molecule has 2 aliphatic rings. The molecule has 1 N–H and O–H groups in total. The van der Waals surface area contributed by atoms with Crippen LogP contribution < -0.4 is 4.90 Å². The molecular formula is C15H23N3O2. The maximum atomic E-state index is 11.1. The van der Waals surface area contributed by atoms with Crippen LogP contribution in [0, 0.1) is 11.8 Å². The largest absolute Gasteiger partial charge is 0.389 e. The van der Waals surface area contributed by atoms with Crippen molar-refractivity contribution in [1.82, 2.24) is 10.2 Å². The Morgan fingerprint density at radius 2 is 2.20 bits per heavy atom. The normalized spacial score (nSPS) is 32.3. The Bertz CT molecular complexity index is 436. The van der Waals surface area contributed by atoms with Crippen molar-refractivity contribution in [3.63, 3.8) is 0 Å². The Balaban J connectivity index is 1.70. The molecule has 3 rings (SSSR count). The van der Waals surface area contributed by atoms with Crippen molar-refractivity contribution in [2.75, 3.05) is 31.2 Å². The van der Waals surface area contributed by atoms with E-state index in [9.17, 15) is 5.11 Å². The molecule has 0 aromatic carbocycles. The van der Waals surface area contributed by atoms with E-state index in [1.165, 1.54) is 0 Å². The quantitative estimate of drug-likeness (QED) is 0.887. The molecule has 2 aliphatic heterocycles. The zero-order valence-electron chi connectivity index (χ0n) is 12.0. The number of nitrogens with zero attached hydrogens (tertiary/aromatic N) is 3. The van der Waals surface area contributed by atoms with E-state index in [2.05, 4.69) is 22.0 Å². The summed E-state index contributed by atoms with van der Waals surface area (Å²) in [6.07, 6.45) is 4.45. The molecule has 0 amide bonds. The molecule has 20 heavy (non-hydrogen) atoms. The first kappa shape index (κ1) is 13.8. The summed E-state index contributed by atoms with van der Waals surface area (Å²) >= 11 is 0. The van der Waals surface area contributed by atoms with E-state index in [-0.39, 0.29) is 5.92 Å². The Morgan fingerprint density at radius 1 is 1.40 bits per heavy atom. The summed E-state index contributed by atoms with van der Waals surface area (Å²) in [4.78, 5) is 2.23. The molecule has 0 unspecified atom stereocenters. The maximum absolute atomic E-state index is 11.1. The molecule has 0 bridgehead atoms.